The maximum atomic E-state index is 13.4. The van der Waals surface area contributed by atoms with Gasteiger partial charge in [-0.1, -0.05) is 114 Å². The molecule has 5 unspecified atom stereocenters. The molecule has 13 rings (SSSR count). The highest BCUT2D eigenvalue weighted by Crippen LogP contribution is 2.30. The molecule has 40 heteroatoms. The first-order valence-corrected chi connectivity index (χ1v) is 48.8. The standard InChI is InChI=1S/C22H24Cl2F2N2O4.C19H28ClFN2O4.2C15H21ClFNO2.C11H21NO2.C9H8ClFO2.C8H6ClFO3/c23-18-3-1-16(9-20(18)25)31-12-15(29)11-28-7-5-14(6-8-28)27-22(30)13-32-17-2-4-19(24)21(26)10-17;1-19(2,3)27-18(25)22-13-6-8-23(9-7-13)11-14(24)12-26-15-4-5-16(20)17(21)10-15;2*1-11-4-6-18(7-5-11)9-12(19)10-20-13-2-3-14(16)15(17)8-13;1-11(2,3)14-10(13)12-9-7-5-4-6-8-9;10-8-2-1-6(3-9(8)11)12-4-7-5-13-7;9-6-2-1-5(3-7(6)10)13-4-8(11)12/h1-4,9-10,14-15,29H,5-8,11-13H2,(H,27,30);4-5,10,13-14,24H,6-9,11-12H2,1-3H3,(H,22,25);2*2-3,8,11-12,19H,4-7,9-10H2,1H3;9H,4-8H2,1-3H3,(H,12,13);1-3,7H,4-5H2;1-3H,4H2,(H,11,12). The number of carboxylic acid groups (broad SMARTS) is 1. The second kappa shape index (κ2) is 61.1. The lowest BCUT2D eigenvalue weighted by Gasteiger charge is -2.33. The van der Waals surface area contributed by atoms with E-state index >= 15 is 0 Å². The number of epoxide rings is 1. The summed E-state index contributed by atoms with van der Waals surface area (Å²) in [5, 5.41) is 57.5. The lowest BCUT2D eigenvalue weighted by Crippen LogP contribution is -2.48. The number of carboxylic acids is 1. The molecule has 0 bridgehead atoms. The van der Waals surface area contributed by atoms with E-state index in [1.54, 1.807) is 30.3 Å². The van der Waals surface area contributed by atoms with Crippen molar-refractivity contribution in [1.29, 1.82) is 0 Å². The van der Waals surface area contributed by atoms with Gasteiger partial charge in [-0.05, 0) is 229 Å². The van der Waals surface area contributed by atoms with Crippen LogP contribution in [0.2, 0.25) is 35.2 Å². The number of carbonyl (C=O) groups is 4. The third-order valence-corrected chi connectivity index (χ3v) is 23.9. The lowest BCUT2D eigenvalue weighted by atomic mass is 9.96. The molecule has 7 aromatic carbocycles. The molecule has 1 saturated carbocycles. The maximum absolute atomic E-state index is 13.4. The van der Waals surface area contributed by atoms with Crippen LogP contribution in [-0.2, 0) is 23.8 Å². The summed E-state index contributed by atoms with van der Waals surface area (Å²) in [5.74, 6) is -1.44. The van der Waals surface area contributed by atoms with E-state index in [1.165, 1.54) is 130 Å². The Kier molecular flexibility index (Phi) is 51.7. The average Bonchev–Trinajstić information content (AvgIpc) is 1.83. The van der Waals surface area contributed by atoms with Gasteiger partial charge >= 0.3 is 18.2 Å². The van der Waals surface area contributed by atoms with Crippen molar-refractivity contribution in [2.24, 2.45) is 11.8 Å². The van der Waals surface area contributed by atoms with Crippen LogP contribution in [0.15, 0.2) is 127 Å². The summed E-state index contributed by atoms with van der Waals surface area (Å²) in [4.78, 5) is 54.1. The number of piperidine rings is 4. The highest BCUT2D eigenvalue weighted by atomic mass is 35.5. The van der Waals surface area contributed by atoms with Gasteiger partial charge in [-0.3, -0.25) is 4.79 Å². The Hall–Kier alpha value is -8.20. The minimum Gasteiger partial charge on any atom is -0.491 e. The van der Waals surface area contributed by atoms with Crippen LogP contribution in [-0.4, -0.2) is 260 Å². The van der Waals surface area contributed by atoms with Crippen LogP contribution in [0.3, 0.4) is 0 Å². The number of carbonyl (C=O) groups excluding carboxylic acids is 3. The second-order valence-corrected chi connectivity index (χ2v) is 39.3. The zero-order valence-electron chi connectivity index (χ0n) is 79.3. The number of aliphatic hydroxyl groups is 4. The number of ether oxygens (including phenoxy) is 10. The molecule has 26 nitrogen and oxygen atoms in total. The smallest absolute Gasteiger partial charge is 0.407 e. The predicted molar refractivity (Wildman–Crippen MR) is 522 cm³/mol. The van der Waals surface area contributed by atoms with Gasteiger partial charge in [-0.15, -0.1) is 0 Å². The first-order valence-electron chi connectivity index (χ1n) is 46.1. The minimum absolute atomic E-state index is 0.00487. The van der Waals surface area contributed by atoms with Gasteiger partial charge in [-0.25, -0.2) is 45.1 Å². The number of hydrogen-bond acceptors (Lipinski definition) is 22. The molecule has 0 spiro atoms. The Morgan fingerprint density at radius 2 is 0.597 bits per heavy atom. The van der Waals surface area contributed by atoms with E-state index in [0.29, 0.717) is 80.7 Å². The molecule has 6 aliphatic rings. The molecule has 772 valence electrons. The number of alkyl carbamates (subject to hydrolysis) is 2. The highest BCUT2D eigenvalue weighted by Gasteiger charge is 2.30. The first kappa shape index (κ1) is 118. The summed E-state index contributed by atoms with van der Waals surface area (Å²) < 4.78 is 145. The second-order valence-electron chi connectivity index (χ2n) is 36.4. The van der Waals surface area contributed by atoms with E-state index in [9.17, 15) is 70.3 Å². The van der Waals surface area contributed by atoms with Gasteiger partial charge in [0, 0.05) is 113 Å². The summed E-state index contributed by atoms with van der Waals surface area (Å²) in [5.41, 5.74) is -0.902. The number of likely N-dealkylation sites (tertiary alicyclic amines) is 4. The molecule has 8 N–H and O–H groups in total. The quantitative estimate of drug-likeness (QED) is 0.0143. The number of aliphatic hydroxyl groups excluding tert-OH is 4. The Morgan fingerprint density at radius 3 is 0.849 bits per heavy atom. The monoisotopic (exact) mass is 2100 g/mol. The van der Waals surface area contributed by atoms with Crippen LogP contribution in [0.5, 0.6) is 40.2 Å². The topological polar surface area (TPSA) is 314 Å². The van der Waals surface area contributed by atoms with Crippen molar-refractivity contribution in [2.75, 3.05) is 131 Å². The molecular formula is C99H129Cl7F7N7O19. The van der Waals surface area contributed by atoms with Gasteiger partial charge in [0.2, 0.25) is 0 Å². The number of nitrogens with zero attached hydrogens (tertiary/aromatic N) is 4. The maximum Gasteiger partial charge on any atom is 0.407 e. The zero-order valence-corrected chi connectivity index (χ0v) is 84.6. The fourth-order valence-corrected chi connectivity index (χ4v) is 15.1. The molecule has 5 aliphatic heterocycles. The number of halogens is 14. The molecular weight excluding hydrogens is 1970 g/mol. The van der Waals surface area contributed by atoms with E-state index in [1.807, 2.05) is 41.5 Å². The van der Waals surface area contributed by atoms with Crippen LogP contribution >= 0.6 is 81.2 Å². The Bertz CT molecular complexity index is 4790. The number of benzene rings is 7. The Morgan fingerprint density at radius 1 is 0.360 bits per heavy atom. The minimum atomic E-state index is -1.12. The fraction of sp³-hybridized carbons (Fsp3) is 0.535. The van der Waals surface area contributed by atoms with E-state index in [0.717, 1.165) is 108 Å². The summed E-state index contributed by atoms with van der Waals surface area (Å²) in [6, 6.07) is 29.4. The third-order valence-electron chi connectivity index (χ3n) is 21.8. The summed E-state index contributed by atoms with van der Waals surface area (Å²) >= 11 is 39.0. The van der Waals surface area contributed by atoms with Crippen molar-refractivity contribution in [1.82, 2.24) is 35.6 Å². The number of hydrogen-bond donors (Lipinski definition) is 8. The van der Waals surface area contributed by atoms with E-state index in [-0.39, 0.29) is 110 Å². The van der Waals surface area contributed by atoms with E-state index in [2.05, 4.69) is 49.4 Å². The molecule has 5 atom stereocenters. The lowest BCUT2D eigenvalue weighted by molar-refractivity contribution is -0.139. The Balaban J connectivity index is 0.000000226. The van der Waals surface area contributed by atoms with Gasteiger partial charge in [-0.2, -0.15) is 0 Å². The number of β-amino-alcohol motifs (C(OH)–C–C–N with tert-alkyl or cyclic N) is 4. The van der Waals surface area contributed by atoms with Crippen molar-refractivity contribution in [3.05, 3.63) is 203 Å². The highest BCUT2D eigenvalue weighted by molar-refractivity contribution is 6.32. The van der Waals surface area contributed by atoms with Gasteiger partial charge in [0.05, 0.1) is 41.8 Å². The summed E-state index contributed by atoms with van der Waals surface area (Å²) in [7, 11) is 0. The fourth-order valence-electron chi connectivity index (χ4n) is 14.3. The molecule has 1 aliphatic carbocycles. The van der Waals surface area contributed by atoms with Crippen molar-refractivity contribution in [3.8, 4) is 40.2 Å². The largest absolute Gasteiger partial charge is 0.491 e. The third kappa shape index (κ3) is 49.6. The van der Waals surface area contributed by atoms with E-state index < -0.39 is 95.0 Å². The molecule has 0 aromatic heterocycles. The van der Waals surface area contributed by atoms with Crippen LogP contribution in [0.4, 0.5) is 40.3 Å². The van der Waals surface area contributed by atoms with Crippen molar-refractivity contribution in [2.45, 2.75) is 199 Å². The van der Waals surface area contributed by atoms with Crippen molar-refractivity contribution < 1.29 is 123 Å². The number of nitrogens with one attached hydrogen (secondary N) is 3. The number of rotatable bonds is 32. The molecule has 3 amide bonds. The van der Waals surface area contributed by atoms with Crippen molar-refractivity contribution >= 4 is 105 Å². The predicted octanol–water partition coefficient (Wildman–Crippen LogP) is 19.8. The summed E-state index contributed by atoms with van der Waals surface area (Å²) in [6.45, 7) is 25.6. The zero-order chi connectivity index (χ0) is 102. The molecule has 0 radical (unpaired) electrons. The van der Waals surface area contributed by atoms with Gasteiger partial charge < -0.3 is 108 Å². The first-order chi connectivity index (χ1) is 65.8. The Labute approximate surface area is 843 Å². The normalized spacial score (nSPS) is 17.2. The summed E-state index contributed by atoms with van der Waals surface area (Å²) in [6.07, 6.45) is 10.6. The van der Waals surface area contributed by atoms with E-state index in [4.69, 9.17) is 134 Å². The molecule has 7 aromatic rings. The molecule has 139 heavy (non-hydrogen) atoms. The van der Waals surface area contributed by atoms with Crippen LogP contribution in [0.25, 0.3) is 0 Å². The van der Waals surface area contributed by atoms with Crippen molar-refractivity contribution in [3.63, 3.8) is 0 Å². The van der Waals surface area contributed by atoms with Crippen LogP contribution in [0, 0.1) is 52.6 Å². The molecule has 6 fully saturated rings. The van der Waals surface area contributed by atoms with Gasteiger partial charge in [0.25, 0.3) is 5.91 Å². The number of amides is 3. The van der Waals surface area contributed by atoms with Crippen LogP contribution in [0.1, 0.15) is 139 Å². The van der Waals surface area contributed by atoms with Gasteiger partial charge in [0.1, 0.15) is 156 Å². The van der Waals surface area contributed by atoms with Crippen LogP contribution < -0.4 is 49.1 Å². The molecule has 5 heterocycles. The molecule has 5 saturated heterocycles. The average molecular weight is 2100 g/mol. The number of aliphatic carboxylic acids is 1. The SMILES string of the molecule is CC(C)(C)OC(=O)NC1CCCCC1.CC(C)(C)OC(=O)NC1CCN(CC(O)COc2ccc(Cl)c(F)c2)CC1.CC1CCN(CC(O)COc2ccc(Cl)c(F)c2)CC1.CC1CCN(CC(O)COc2ccc(Cl)c(F)c2)CC1.Fc1cc(OCC2CO2)ccc1Cl.O=C(COc1ccc(Cl)c(F)c1)NC1CCN(CC(O)COc2ccc(Cl)c(F)c2)CC1.O=C(O)COc1ccc(Cl)c(F)c1. The van der Waals surface area contributed by atoms with Gasteiger partial charge in [0.15, 0.2) is 13.2 Å².